The highest BCUT2D eigenvalue weighted by molar-refractivity contribution is 6.29. The zero-order chi connectivity index (χ0) is 16.9. The molecule has 0 radical (unpaired) electrons. The van der Waals surface area contributed by atoms with Gasteiger partial charge in [0.1, 0.15) is 5.76 Å². The highest BCUT2D eigenvalue weighted by atomic mass is 35.5. The van der Waals surface area contributed by atoms with E-state index >= 15 is 0 Å². The molecule has 0 spiro atoms. The molecule has 0 saturated carbocycles. The Labute approximate surface area is 147 Å². The lowest BCUT2D eigenvalue weighted by Crippen LogP contribution is -2.35. The molecule has 128 valence electrons. The monoisotopic (exact) mass is 347 g/mol. The smallest absolute Gasteiger partial charge is 0.223 e. The van der Waals surface area contributed by atoms with Crippen LogP contribution in [0.25, 0.3) is 0 Å². The number of carbonyl (C=O) groups excluding carboxylic acids is 1. The fourth-order valence-corrected chi connectivity index (χ4v) is 3.49. The fraction of sp³-hybridized carbons (Fsp3) is 0.500. The molecule has 1 fully saturated rings. The van der Waals surface area contributed by atoms with Crippen molar-refractivity contribution in [3.63, 3.8) is 0 Å². The van der Waals surface area contributed by atoms with Crippen molar-refractivity contribution in [3.8, 4) is 0 Å². The number of carbonyl (C=O) groups is 1. The first kappa shape index (κ1) is 17.0. The largest absolute Gasteiger partial charge is 0.360 e. The van der Waals surface area contributed by atoms with Crippen LogP contribution in [0, 0.1) is 6.92 Å². The molecule has 6 heteroatoms. The maximum Gasteiger partial charge on any atom is 0.223 e. The highest BCUT2D eigenvalue weighted by Gasteiger charge is 2.28. The quantitative estimate of drug-likeness (QED) is 0.801. The molecule has 1 amide bonds. The van der Waals surface area contributed by atoms with Crippen LogP contribution in [0.3, 0.4) is 0 Å². The Balaban J connectivity index is 1.51. The molecule has 1 saturated heterocycles. The Morgan fingerprint density at radius 3 is 3.04 bits per heavy atom. The summed E-state index contributed by atoms with van der Waals surface area (Å²) in [5.74, 6) is 0.854. The van der Waals surface area contributed by atoms with Crippen molar-refractivity contribution in [2.45, 2.75) is 51.5 Å². The van der Waals surface area contributed by atoms with Gasteiger partial charge in [0.15, 0.2) is 5.15 Å². The van der Waals surface area contributed by atoms with Crippen molar-refractivity contribution in [3.05, 3.63) is 46.6 Å². The van der Waals surface area contributed by atoms with E-state index in [1.54, 1.807) is 6.07 Å². The minimum atomic E-state index is 0.191. The van der Waals surface area contributed by atoms with Crippen LogP contribution in [0.5, 0.6) is 0 Å². The Morgan fingerprint density at radius 1 is 1.42 bits per heavy atom. The molecule has 1 atom stereocenters. The maximum absolute atomic E-state index is 12.5. The van der Waals surface area contributed by atoms with E-state index in [-0.39, 0.29) is 5.91 Å². The highest BCUT2D eigenvalue weighted by Crippen LogP contribution is 2.23. The number of likely N-dealkylation sites (tertiary alicyclic amines) is 1. The van der Waals surface area contributed by atoms with Gasteiger partial charge in [-0.3, -0.25) is 9.78 Å². The van der Waals surface area contributed by atoms with Crippen LogP contribution in [0.4, 0.5) is 0 Å². The van der Waals surface area contributed by atoms with Gasteiger partial charge in [0, 0.05) is 43.4 Å². The van der Waals surface area contributed by atoms with E-state index in [1.807, 2.05) is 18.0 Å². The molecule has 0 aliphatic carbocycles. The summed E-state index contributed by atoms with van der Waals surface area (Å²) in [7, 11) is 0. The zero-order valence-corrected chi connectivity index (χ0v) is 14.6. The summed E-state index contributed by atoms with van der Waals surface area (Å²) >= 11 is 5.73. The molecule has 3 rings (SSSR count). The molecule has 0 aromatic carbocycles. The summed E-state index contributed by atoms with van der Waals surface area (Å²) < 4.78 is 5.06. The summed E-state index contributed by atoms with van der Waals surface area (Å²) in [6.45, 7) is 2.86. The van der Waals surface area contributed by atoms with E-state index < -0.39 is 0 Å². The van der Waals surface area contributed by atoms with E-state index in [4.69, 9.17) is 16.1 Å². The van der Waals surface area contributed by atoms with Crippen molar-refractivity contribution in [1.82, 2.24) is 15.0 Å². The van der Waals surface area contributed by atoms with Crippen LogP contribution in [0.2, 0.25) is 5.15 Å². The van der Waals surface area contributed by atoms with E-state index in [2.05, 4.69) is 22.3 Å². The van der Waals surface area contributed by atoms with E-state index in [0.717, 1.165) is 37.9 Å². The third kappa shape index (κ3) is 4.35. The van der Waals surface area contributed by atoms with Gasteiger partial charge in [-0.2, -0.15) is 0 Å². The Morgan fingerprint density at radius 2 is 2.29 bits per heavy atom. The Kier molecular flexibility index (Phi) is 5.51. The van der Waals surface area contributed by atoms with Gasteiger partial charge < -0.3 is 9.42 Å². The number of hydrogen-bond acceptors (Lipinski definition) is 4. The lowest BCUT2D eigenvalue weighted by molar-refractivity contribution is -0.132. The SMILES string of the molecule is Cc1cc(CC[C@@H]2CCCN2C(=O)CCc2cc(Cl)no2)ccn1. The number of aromatic nitrogens is 2. The average molecular weight is 348 g/mol. The van der Waals surface area contributed by atoms with Crippen LogP contribution in [-0.2, 0) is 17.6 Å². The third-order valence-electron chi connectivity index (χ3n) is 4.54. The maximum atomic E-state index is 12.5. The predicted octanol–water partition coefficient (Wildman–Crippen LogP) is 3.59. The molecule has 0 bridgehead atoms. The van der Waals surface area contributed by atoms with Gasteiger partial charge in [-0.25, -0.2) is 0 Å². The Hall–Kier alpha value is -1.88. The summed E-state index contributed by atoms with van der Waals surface area (Å²) in [4.78, 5) is 18.8. The first-order valence-electron chi connectivity index (χ1n) is 8.44. The Bertz CT molecular complexity index is 701. The van der Waals surface area contributed by atoms with Gasteiger partial charge in [0.25, 0.3) is 0 Å². The fourth-order valence-electron chi connectivity index (χ4n) is 3.34. The standard InChI is InChI=1S/C18H22ClN3O2/c1-13-11-14(8-9-20-13)4-5-15-3-2-10-22(15)18(23)7-6-16-12-17(19)21-24-16/h8-9,11-12,15H,2-7,10H2,1H3/t15-/m0/s1. The van der Waals surface area contributed by atoms with Gasteiger partial charge in [-0.05, 0) is 50.3 Å². The number of nitrogens with zero attached hydrogens (tertiary/aromatic N) is 3. The van der Waals surface area contributed by atoms with Gasteiger partial charge in [-0.1, -0.05) is 16.8 Å². The first-order valence-corrected chi connectivity index (χ1v) is 8.82. The molecule has 1 aliphatic heterocycles. The second-order valence-corrected chi connectivity index (χ2v) is 6.73. The van der Waals surface area contributed by atoms with Crippen LogP contribution in [-0.4, -0.2) is 33.5 Å². The second kappa shape index (κ2) is 7.79. The molecule has 2 aromatic heterocycles. The van der Waals surface area contributed by atoms with Gasteiger partial charge >= 0.3 is 0 Å². The summed E-state index contributed by atoms with van der Waals surface area (Å²) in [6, 6.07) is 6.18. The third-order valence-corrected chi connectivity index (χ3v) is 4.72. The van der Waals surface area contributed by atoms with Crippen LogP contribution >= 0.6 is 11.6 Å². The lowest BCUT2D eigenvalue weighted by atomic mass is 10.0. The van der Waals surface area contributed by atoms with Crippen molar-refractivity contribution >= 4 is 17.5 Å². The van der Waals surface area contributed by atoms with Crippen LogP contribution in [0.1, 0.15) is 42.7 Å². The zero-order valence-electron chi connectivity index (χ0n) is 13.9. The predicted molar refractivity (Wildman–Crippen MR) is 91.9 cm³/mol. The normalized spacial score (nSPS) is 17.4. The van der Waals surface area contributed by atoms with Crippen LogP contribution in [0.15, 0.2) is 28.9 Å². The van der Waals surface area contributed by atoms with Gasteiger partial charge in [0.2, 0.25) is 5.91 Å². The molecular weight excluding hydrogens is 326 g/mol. The van der Waals surface area contributed by atoms with Crippen molar-refractivity contribution in [1.29, 1.82) is 0 Å². The molecule has 3 heterocycles. The number of aryl methyl sites for hydroxylation is 3. The van der Waals surface area contributed by atoms with Crippen molar-refractivity contribution in [2.75, 3.05) is 6.54 Å². The minimum absolute atomic E-state index is 0.191. The van der Waals surface area contributed by atoms with Gasteiger partial charge in [0.05, 0.1) is 0 Å². The van der Waals surface area contributed by atoms with E-state index in [9.17, 15) is 4.79 Å². The van der Waals surface area contributed by atoms with E-state index in [1.165, 1.54) is 5.56 Å². The summed E-state index contributed by atoms with van der Waals surface area (Å²) in [6.07, 6.45) is 7.00. The first-order chi connectivity index (χ1) is 11.6. The molecule has 0 unspecified atom stereocenters. The van der Waals surface area contributed by atoms with E-state index in [0.29, 0.717) is 29.8 Å². The molecule has 5 nitrogen and oxygen atoms in total. The number of amides is 1. The second-order valence-electron chi connectivity index (χ2n) is 6.34. The molecule has 2 aromatic rings. The van der Waals surface area contributed by atoms with Crippen molar-refractivity contribution in [2.24, 2.45) is 0 Å². The van der Waals surface area contributed by atoms with Gasteiger partial charge in [-0.15, -0.1) is 0 Å². The molecule has 24 heavy (non-hydrogen) atoms. The number of hydrogen-bond donors (Lipinski definition) is 0. The molecular formula is C18H22ClN3O2. The summed E-state index contributed by atoms with van der Waals surface area (Å²) in [5, 5.41) is 3.97. The number of rotatable bonds is 6. The number of pyridine rings is 1. The van der Waals surface area contributed by atoms with Crippen LogP contribution < -0.4 is 0 Å². The lowest BCUT2D eigenvalue weighted by Gasteiger charge is -2.24. The topological polar surface area (TPSA) is 59.2 Å². The van der Waals surface area contributed by atoms with Crippen molar-refractivity contribution < 1.29 is 9.32 Å². The molecule has 1 aliphatic rings. The molecule has 0 N–H and O–H groups in total. The minimum Gasteiger partial charge on any atom is -0.360 e. The number of halogens is 1. The summed E-state index contributed by atoms with van der Waals surface area (Å²) in [5.41, 5.74) is 2.33. The average Bonchev–Trinajstić information content (AvgIpc) is 3.19.